The van der Waals surface area contributed by atoms with Gasteiger partial charge in [0.15, 0.2) is 0 Å². The van der Waals surface area contributed by atoms with Crippen molar-refractivity contribution in [2.24, 2.45) is 0 Å². The number of benzene rings is 1. The van der Waals surface area contributed by atoms with E-state index in [4.69, 9.17) is 0 Å². The van der Waals surface area contributed by atoms with Gasteiger partial charge in [-0.15, -0.1) is 11.3 Å². The zero-order valence-corrected chi connectivity index (χ0v) is 14.8. The molecule has 2 rings (SSSR count). The highest BCUT2D eigenvalue weighted by atomic mass is 79.9. The molecule has 1 aromatic carbocycles. The number of hydrogen-bond donors (Lipinski definition) is 1. The van der Waals surface area contributed by atoms with E-state index in [2.05, 4.69) is 72.3 Å². The van der Waals surface area contributed by atoms with Crippen molar-refractivity contribution in [2.45, 2.75) is 39.7 Å². The molecule has 20 heavy (non-hydrogen) atoms. The number of thiophene rings is 1. The summed E-state index contributed by atoms with van der Waals surface area (Å²) in [6, 6.07) is 11.5. The van der Waals surface area contributed by atoms with Gasteiger partial charge in [0.1, 0.15) is 0 Å². The molecule has 1 nitrogen and oxygen atoms in total. The Bertz CT molecular complexity index is 562. The molecule has 0 saturated heterocycles. The van der Waals surface area contributed by atoms with Gasteiger partial charge in [0.05, 0.1) is 0 Å². The van der Waals surface area contributed by atoms with Crippen molar-refractivity contribution in [2.75, 3.05) is 6.54 Å². The van der Waals surface area contributed by atoms with Crippen LogP contribution in [0.4, 0.5) is 0 Å². The molecule has 0 fully saturated rings. The maximum atomic E-state index is 3.63. The van der Waals surface area contributed by atoms with Crippen LogP contribution in [0.5, 0.6) is 0 Å². The molecule has 0 amide bonds. The van der Waals surface area contributed by atoms with E-state index in [-0.39, 0.29) is 0 Å². The highest BCUT2D eigenvalue weighted by Gasteiger charge is 2.13. The molecule has 0 saturated carbocycles. The van der Waals surface area contributed by atoms with Gasteiger partial charge in [-0.3, -0.25) is 0 Å². The lowest BCUT2D eigenvalue weighted by Gasteiger charge is -2.14. The number of hydrogen-bond acceptors (Lipinski definition) is 2. The Morgan fingerprint density at radius 3 is 2.70 bits per heavy atom. The molecule has 1 N–H and O–H groups in total. The van der Waals surface area contributed by atoms with Crippen LogP contribution >= 0.6 is 27.3 Å². The molecule has 3 heteroatoms. The lowest BCUT2D eigenvalue weighted by atomic mass is 10.1. The molecule has 2 aromatic rings. The molecule has 1 heterocycles. The van der Waals surface area contributed by atoms with E-state index in [1.807, 2.05) is 11.3 Å². The van der Waals surface area contributed by atoms with Crippen LogP contribution in [0, 0.1) is 6.92 Å². The third-order valence-corrected chi connectivity index (χ3v) is 5.21. The van der Waals surface area contributed by atoms with Crippen molar-refractivity contribution in [3.05, 3.63) is 45.2 Å². The summed E-state index contributed by atoms with van der Waals surface area (Å²) in [5, 5.41) is 3.63. The summed E-state index contributed by atoms with van der Waals surface area (Å²) in [5.41, 5.74) is 2.66. The largest absolute Gasteiger partial charge is 0.309 e. The molecule has 1 unspecified atom stereocenters. The molecule has 0 radical (unpaired) electrons. The van der Waals surface area contributed by atoms with Crippen LogP contribution < -0.4 is 5.32 Å². The average molecular weight is 352 g/mol. The maximum Gasteiger partial charge on any atom is 0.0412 e. The van der Waals surface area contributed by atoms with Crippen molar-refractivity contribution in [3.63, 3.8) is 0 Å². The van der Waals surface area contributed by atoms with Gasteiger partial charge in [0.2, 0.25) is 0 Å². The predicted molar refractivity (Wildman–Crippen MR) is 93.5 cm³/mol. The van der Waals surface area contributed by atoms with E-state index in [0.717, 1.165) is 17.4 Å². The summed E-state index contributed by atoms with van der Waals surface area (Å²) < 4.78 is 1.14. The molecule has 0 aliphatic carbocycles. The van der Waals surface area contributed by atoms with Crippen LogP contribution in [0.2, 0.25) is 0 Å². The number of halogens is 1. The van der Waals surface area contributed by atoms with E-state index in [0.29, 0.717) is 6.04 Å². The van der Waals surface area contributed by atoms with Gasteiger partial charge in [-0.2, -0.15) is 0 Å². The molecular weight excluding hydrogens is 330 g/mol. The Hall–Kier alpha value is -0.640. The number of rotatable bonds is 6. The molecule has 0 aliphatic heterocycles. The lowest BCUT2D eigenvalue weighted by molar-refractivity contribution is 0.525. The fourth-order valence-corrected chi connectivity index (χ4v) is 3.92. The van der Waals surface area contributed by atoms with Crippen LogP contribution in [0.3, 0.4) is 0 Å². The summed E-state index contributed by atoms with van der Waals surface area (Å²) in [6.07, 6.45) is 2.32. The van der Waals surface area contributed by atoms with Crippen molar-refractivity contribution < 1.29 is 0 Å². The minimum absolute atomic E-state index is 0.487. The Balaban J connectivity index is 2.25. The number of aryl methyl sites for hydroxylation is 1. The highest BCUT2D eigenvalue weighted by molar-refractivity contribution is 9.10. The van der Waals surface area contributed by atoms with E-state index < -0.39 is 0 Å². The Labute approximate surface area is 134 Å². The predicted octanol–water partition coefficient (Wildman–Crippen LogP) is 5.94. The monoisotopic (exact) mass is 351 g/mol. The molecule has 1 aromatic heterocycles. The summed E-state index contributed by atoms with van der Waals surface area (Å²) in [7, 11) is 0. The molecule has 0 spiro atoms. The van der Waals surface area contributed by atoms with Crippen LogP contribution in [0.25, 0.3) is 10.4 Å². The third-order valence-electron chi connectivity index (χ3n) is 3.48. The minimum atomic E-state index is 0.487. The van der Waals surface area contributed by atoms with E-state index in [1.165, 1.54) is 27.3 Å². The maximum absolute atomic E-state index is 3.63. The van der Waals surface area contributed by atoms with Gasteiger partial charge in [-0.1, -0.05) is 35.8 Å². The molecule has 108 valence electrons. The van der Waals surface area contributed by atoms with Crippen molar-refractivity contribution in [3.8, 4) is 10.4 Å². The zero-order valence-electron chi connectivity index (χ0n) is 12.4. The van der Waals surface area contributed by atoms with Gasteiger partial charge in [0, 0.05) is 20.3 Å². The zero-order chi connectivity index (χ0) is 14.5. The lowest BCUT2D eigenvalue weighted by Crippen LogP contribution is -2.20. The fraction of sp³-hybridized carbons (Fsp3) is 0.412. The Kier molecular flexibility index (Phi) is 5.82. The van der Waals surface area contributed by atoms with Crippen molar-refractivity contribution in [1.29, 1.82) is 0 Å². The van der Waals surface area contributed by atoms with Crippen LogP contribution in [-0.4, -0.2) is 6.54 Å². The van der Waals surface area contributed by atoms with Gasteiger partial charge in [-0.05, 0) is 61.7 Å². The third kappa shape index (κ3) is 3.72. The summed E-state index contributed by atoms with van der Waals surface area (Å²) in [4.78, 5) is 2.80. The Morgan fingerprint density at radius 1 is 1.20 bits per heavy atom. The molecule has 0 bridgehead atoms. The standard InChI is InChI=1S/C17H22BrNS/c1-4-10-19-15(5-2)17-9-8-16(20-17)14-11-13(18)7-6-12(14)3/h6-9,11,15,19H,4-5,10H2,1-3H3. The second-order valence-electron chi connectivity index (χ2n) is 5.08. The summed E-state index contributed by atoms with van der Waals surface area (Å²) >= 11 is 5.48. The van der Waals surface area contributed by atoms with E-state index in [1.54, 1.807) is 0 Å². The molecule has 1 atom stereocenters. The first-order valence-electron chi connectivity index (χ1n) is 7.25. The normalized spacial score (nSPS) is 12.6. The van der Waals surface area contributed by atoms with Gasteiger partial charge in [-0.25, -0.2) is 0 Å². The van der Waals surface area contributed by atoms with Crippen molar-refractivity contribution >= 4 is 27.3 Å². The number of nitrogens with one attached hydrogen (secondary N) is 1. The minimum Gasteiger partial charge on any atom is -0.309 e. The average Bonchev–Trinajstić information content (AvgIpc) is 2.92. The van der Waals surface area contributed by atoms with Crippen molar-refractivity contribution in [1.82, 2.24) is 5.32 Å². The molecular formula is C17H22BrNS. The van der Waals surface area contributed by atoms with Crippen LogP contribution in [0.1, 0.15) is 43.2 Å². The Morgan fingerprint density at radius 2 is 2.00 bits per heavy atom. The van der Waals surface area contributed by atoms with Gasteiger partial charge < -0.3 is 5.32 Å². The second kappa shape index (κ2) is 7.39. The summed E-state index contributed by atoms with van der Waals surface area (Å²) in [6.45, 7) is 7.72. The molecule has 0 aliphatic rings. The second-order valence-corrected chi connectivity index (χ2v) is 7.11. The summed E-state index contributed by atoms with van der Waals surface area (Å²) in [5.74, 6) is 0. The SMILES string of the molecule is CCCNC(CC)c1ccc(-c2cc(Br)ccc2C)s1. The van der Waals surface area contributed by atoms with E-state index in [9.17, 15) is 0 Å². The topological polar surface area (TPSA) is 12.0 Å². The van der Waals surface area contributed by atoms with Gasteiger partial charge >= 0.3 is 0 Å². The highest BCUT2D eigenvalue weighted by Crippen LogP contribution is 2.35. The fourth-order valence-electron chi connectivity index (χ4n) is 2.31. The smallest absolute Gasteiger partial charge is 0.0412 e. The van der Waals surface area contributed by atoms with E-state index >= 15 is 0 Å². The van der Waals surface area contributed by atoms with Crippen LogP contribution in [-0.2, 0) is 0 Å². The van der Waals surface area contributed by atoms with Gasteiger partial charge in [0.25, 0.3) is 0 Å². The quantitative estimate of drug-likeness (QED) is 0.679. The van der Waals surface area contributed by atoms with Crippen LogP contribution in [0.15, 0.2) is 34.8 Å². The first-order valence-corrected chi connectivity index (χ1v) is 8.86. The first-order chi connectivity index (χ1) is 9.65. The first kappa shape index (κ1) is 15.7.